The van der Waals surface area contributed by atoms with Crippen LogP contribution in [-0.4, -0.2) is 76.8 Å². The lowest BCUT2D eigenvalue weighted by Gasteiger charge is -2.38. The first-order chi connectivity index (χ1) is 19.2. The number of aliphatic imine (C=N–C) groups is 1. The number of hydrogen-bond acceptors (Lipinski definition) is 9. The van der Waals surface area contributed by atoms with Gasteiger partial charge in [-0.1, -0.05) is 11.6 Å². The summed E-state index contributed by atoms with van der Waals surface area (Å²) >= 11 is 6.48. The molecule has 1 unspecified atom stereocenters. The Hall–Kier alpha value is -2.87. The number of rotatable bonds is 8. The van der Waals surface area contributed by atoms with Gasteiger partial charge in [-0.2, -0.15) is 0 Å². The van der Waals surface area contributed by atoms with Gasteiger partial charge in [0.2, 0.25) is 0 Å². The minimum atomic E-state index is -2.42. The highest BCUT2D eigenvalue weighted by atomic mass is 35.5. The van der Waals surface area contributed by atoms with E-state index in [-0.39, 0.29) is 0 Å². The first kappa shape index (κ1) is 28.7. The SMILES string of the molecule is COc1cc(P(C)(C)=O)ccc1NC1=NC(Nc2ccc(N3CCC(N4CCCC4)CC3)cc2OC)NC=C1Cl. The maximum absolute atomic E-state index is 12.5. The Kier molecular flexibility index (Phi) is 8.83. The van der Waals surface area contributed by atoms with Crippen molar-refractivity contribution in [3.63, 3.8) is 0 Å². The van der Waals surface area contributed by atoms with Crippen LogP contribution in [0, 0.1) is 0 Å². The highest BCUT2D eigenvalue weighted by molar-refractivity contribution is 7.70. The van der Waals surface area contributed by atoms with Gasteiger partial charge < -0.3 is 39.8 Å². The second kappa shape index (κ2) is 12.3. The third-order valence-electron chi connectivity index (χ3n) is 7.88. The number of likely N-dealkylation sites (tertiary alicyclic amines) is 1. The van der Waals surface area contributed by atoms with Gasteiger partial charge in [0.05, 0.1) is 30.6 Å². The van der Waals surface area contributed by atoms with Gasteiger partial charge >= 0.3 is 0 Å². The number of piperidine rings is 1. The van der Waals surface area contributed by atoms with E-state index < -0.39 is 13.4 Å². The minimum Gasteiger partial charge on any atom is -0.495 e. The number of ether oxygens (including phenoxy) is 2. The Morgan fingerprint density at radius 3 is 2.33 bits per heavy atom. The number of hydrogen-bond donors (Lipinski definition) is 3. The Labute approximate surface area is 242 Å². The standard InChI is InChI=1S/C29H40ClN6O3P/c1-38-26-17-21(36-15-11-20(12-16-36)35-13-5-6-14-35)7-9-25(26)33-29-31-19-23(30)28(34-29)32-24-10-8-22(40(3,4)37)18-27(24)39-2/h7-10,17-20,29,31,33H,5-6,11-16H2,1-4H3,(H,32,34). The molecule has 3 aliphatic rings. The predicted octanol–water partition coefficient (Wildman–Crippen LogP) is 4.91. The smallest absolute Gasteiger partial charge is 0.196 e. The number of anilines is 3. The second-order valence-electron chi connectivity index (χ2n) is 10.9. The van der Waals surface area contributed by atoms with E-state index >= 15 is 0 Å². The lowest BCUT2D eigenvalue weighted by Crippen LogP contribution is -2.43. The zero-order chi connectivity index (χ0) is 28.3. The molecule has 2 aromatic carbocycles. The van der Waals surface area contributed by atoms with E-state index in [1.165, 1.54) is 44.5 Å². The summed E-state index contributed by atoms with van der Waals surface area (Å²) in [5, 5.41) is 11.0. The molecule has 40 heavy (non-hydrogen) atoms. The van der Waals surface area contributed by atoms with E-state index in [4.69, 9.17) is 26.1 Å². The van der Waals surface area contributed by atoms with Crippen LogP contribution in [0.3, 0.4) is 0 Å². The van der Waals surface area contributed by atoms with Crippen LogP contribution < -0.4 is 35.6 Å². The summed E-state index contributed by atoms with van der Waals surface area (Å²) in [7, 11) is 0.847. The van der Waals surface area contributed by atoms with Gasteiger partial charge in [0.25, 0.3) is 0 Å². The molecule has 2 fully saturated rings. The normalized spacial score (nSPS) is 20.4. The van der Waals surface area contributed by atoms with Crippen LogP contribution >= 0.6 is 18.7 Å². The van der Waals surface area contributed by atoms with Crippen LogP contribution in [0.1, 0.15) is 25.7 Å². The summed E-state index contributed by atoms with van der Waals surface area (Å²) in [5.74, 6) is 1.81. The summed E-state index contributed by atoms with van der Waals surface area (Å²) in [5.41, 5.74) is 2.68. The van der Waals surface area contributed by atoms with Crippen LogP contribution in [0.25, 0.3) is 0 Å². The molecule has 5 rings (SSSR count). The molecule has 0 aliphatic carbocycles. The molecule has 11 heteroatoms. The molecule has 0 amide bonds. The summed E-state index contributed by atoms with van der Waals surface area (Å²) < 4.78 is 23.8. The lowest BCUT2D eigenvalue weighted by atomic mass is 10.0. The summed E-state index contributed by atoms with van der Waals surface area (Å²) in [6.45, 7) is 8.11. The Balaban J connectivity index is 1.26. The molecule has 2 saturated heterocycles. The van der Waals surface area contributed by atoms with Gasteiger partial charge in [0.15, 0.2) is 6.29 Å². The molecule has 0 saturated carbocycles. The van der Waals surface area contributed by atoms with Gasteiger partial charge in [-0.25, -0.2) is 4.99 Å². The summed E-state index contributed by atoms with van der Waals surface area (Å²) in [4.78, 5) is 9.86. The highest BCUT2D eigenvalue weighted by Gasteiger charge is 2.27. The highest BCUT2D eigenvalue weighted by Crippen LogP contribution is 2.38. The zero-order valence-electron chi connectivity index (χ0n) is 23.7. The number of nitrogens with one attached hydrogen (secondary N) is 3. The molecule has 3 N–H and O–H groups in total. The summed E-state index contributed by atoms with van der Waals surface area (Å²) in [6.07, 6.45) is 6.32. The van der Waals surface area contributed by atoms with Gasteiger partial charge in [-0.3, -0.25) is 0 Å². The van der Waals surface area contributed by atoms with E-state index in [1.54, 1.807) is 39.8 Å². The average Bonchev–Trinajstić information content (AvgIpc) is 3.50. The fourth-order valence-electron chi connectivity index (χ4n) is 5.60. The van der Waals surface area contributed by atoms with Crippen molar-refractivity contribution in [2.24, 2.45) is 4.99 Å². The number of halogens is 1. The van der Waals surface area contributed by atoms with Crippen molar-refractivity contribution in [2.75, 3.05) is 69.3 Å². The molecule has 0 spiro atoms. The van der Waals surface area contributed by atoms with Gasteiger partial charge in [0.1, 0.15) is 24.5 Å². The molecule has 3 aliphatic heterocycles. The van der Waals surface area contributed by atoms with Gasteiger partial charge in [-0.15, -0.1) is 0 Å². The number of methoxy groups -OCH3 is 2. The maximum atomic E-state index is 12.5. The Morgan fingerprint density at radius 2 is 1.65 bits per heavy atom. The van der Waals surface area contributed by atoms with E-state index in [1.807, 2.05) is 18.2 Å². The Bertz CT molecular complexity index is 1310. The fourth-order valence-corrected chi connectivity index (χ4v) is 6.62. The summed E-state index contributed by atoms with van der Waals surface area (Å²) in [6, 6.07) is 12.5. The third kappa shape index (κ3) is 6.54. The number of amidine groups is 1. The maximum Gasteiger partial charge on any atom is 0.196 e. The number of nitrogens with zero attached hydrogens (tertiary/aromatic N) is 3. The molecule has 9 nitrogen and oxygen atoms in total. The molecule has 0 aromatic heterocycles. The molecular weight excluding hydrogens is 547 g/mol. The average molecular weight is 587 g/mol. The molecule has 216 valence electrons. The Morgan fingerprint density at radius 1 is 0.975 bits per heavy atom. The first-order valence-corrected chi connectivity index (χ1v) is 16.9. The van der Waals surface area contributed by atoms with Crippen molar-refractivity contribution in [3.05, 3.63) is 47.6 Å². The fraction of sp³-hybridized carbons (Fsp3) is 0.483. The molecule has 3 heterocycles. The van der Waals surface area contributed by atoms with Crippen molar-refractivity contribution in [3.8, 4) is 11.5 Å². The van der Waals surface area contributed by atoms with E-state index in [0.29, 0.717) is 22.3 Å². The van der Waals surface area contributed by atoms with Crippen molar-refractivity contribution in [1.29, 1.82) is 0 Å². The molecule has 0 radical (unpaired) electrons. The minimum absolute atomic E-state index is 0.431. The topological polar surface area (TPSA) is 90.5 Å². The number of benzene rings is 2. The van der Waals surface area contributed by atoms with E-state index in [9.17, 15) is 4.57 Å². The molecular formula is C29H40ClN6O3P. The quantitative estimate of drug-likeness (QED) is 0.376. The van der Waals surface area contributed by atoms with Crippen LogP contribution in [0.5, 0.6) is 11.5 Å². The lowest BCUT2D eigenvalue weighted by molar-refractivity contribution is 0.208. The van der Waals surface area contributed by atoms with Crippen LogP contribution in [0.4, 0.5) is 17.1 Å². The van der Waals surface area contributed by atoms with Crippen LogP contribution in [0.15, 0.2) is 52.6 Å². The molecule has 1 atom stereocenters. The zero-order valence-corrected chi connectivity index (χ0v) is 25.4. The van der Waals surface area contributed by atoms with Crippen molar-refractivity contribution in [1.82, 2.24) is 10.2 Å². The van der Waals surface area contributed by atoms with Crippen LogP contribution in [-0.2, 0) is 4.57 Å². The van der Waals surface area contributed by atoms with Crippen molar-refractivity contribution in [2.45, 2.75) is 38.0 Å². The van der Waals surface area contributed by atoms with E-state index in [0.717, 1.165) is 35.9 Å². The second-order valence-corrected chi connectivity index (χ2v) is 14.5. The predicted molar refractivity (Wildman–Crippen MR) is 167 cm³/mol. The van der Waals surface area contributed by atoms with E-state index in [2.05, 4.69) is 37.9 Å². The third-order valence-corrected chi connectivity index (χ3v) is 9.69. The van der Waals surface area contributed by atoms with Gasteiger partial charge in [0, 0.05) is 42.4 Å². The molecule has 0 bridgehead atoms. The molecule has 2 aromatic rings. The first-order valence-electron chi connectivity index (χ1n) is 13.9. The monoisotopic (exact) mass is 586 g/mol. The van der Waals surface area contributed by atoms with Crippen molar-refractivity contribution >= 4 is 46.9 Å². The van der Waals surface area contributed by atoms with Crippen LogP contribution in [0.2, 0.25) is 0 Å². The van der Waals surface area contributed by atoms with Gasteiger partial charge in [-0.05, 0) is 82.4 Å². The largest absolute Gasteiger partial charge is 0.495 e. The van der Waals surface area contributed by atoms with Crippen molar-refractivity contribution < 1.29 is 14.0 Å².